The van der Waals surface area contributed by atoms with Crippen LogP contribution in [0.15, 0.2) is 30.3 Å². The Hall–Kier alpha value is -2.21. The molecule has 0 bridgehead atoms. The first-order valence-electron chi connectivity index (χ1n) is 4.98. The molecule has 1 aromatic carbocycles. The maximum atomic E-state index is 9.00. The maximum absolute atomic E-state index is 9.00. The molecule has 3 heteroatoms. The van der Waals surface area contributed by atoms with Crippen LogP contribution in [-0.4, -0.2) is 12.1 Å². The van der Waals surface area contributed by atoms with Gasteiger partial charge in [-0.1, -0.05) is 0 Å². The SMILES string of the molecule is COc1ccc(-c2[nH]c(C)cc2C#N)cc1. The van der Waals surface area contributed by atoms with Crippen LogP contribution in [0.3, 0.4) is 0 Å². The van der Waals surface area contributed by atoms with Gasteiger partial charge in [0.05, 0.1) is 18.4 Å². The van der Waals surface area contributed by atoms with Crippen LogP contribution < -0.4 is 4.74 Å². The van der Waals surface area contributed by atoms with Crippen molar-refractivity contribution < 1.29 is 4.74 Å². The Morgan fingerprint density at radius 3 is 2.50 bits per heavy atom. The van der Waals surface area contributed by atoms with Crippen molar-refractivity contribution in [2.45, 2.75) is 6.92 Å². The van der Waals surface area contributed by atoms with Gasteiger partial charge in [0.15, 0.2) is 0 Å². The third-order valence-electron chi connectivity index (χ3n) is 2.45. The molecule has 16 heavy (non-hydrogen) atoms. The number of hydrogen-bond donors (Lipinski definition) is 1. The van der Waals surface area contributed by atoms with Gasteiger partial charge in [-0.05, 0) is 42.8 Å². The third-order valence-corrected chi connectivity index (χ3v) is 2.45. The highest BCUT2D eigenvalue weighted by Crippen LogP contribution is 2.25. The van der Waals surface area contributed by atoms with Crippen LogP contribution in [0.5, 0.6) is 5.75 Å². The standard InChI is InChI=1S/C13H12N2O/c1-9-7-11(8-14)13(15-9)10-3-5-12(16-2)6-4-10/h3-7,15H,1-2H3. The highest BCUT2D eigenvalue weighted by molar-refractivity contribution is 5.68. The molecule has 80 valence electrons. The van der Waals surface area contributed by atoms with Gasteiger partial charge in [-0.25, -0.2) is 0 Å². The van der Waals surface area contributed by atoms with Gasteiger partial charge in [-0.15, -0.1) is 0 Å². The first kappa shape index (κ1) is 10.3. The Morgan fingerprint density at radius 1 is 1.25 bits per heavy atom. The van der Waals surface area contributed by atoms with Crippen molar-refractivity contribution in [3.05, 3.63) is 41.6 Å². The van der Waals surface area contributed by atoms with Gasteiger partial charge < -0.3 is 9.72 Å². The van der Waals surface area contributed by atoms with E-state index in [-0.39, 0.29) is 0 Å². The van der Waals surface area contributed by atoms with Crippen molar-refractivity contribution in [1.29, 1.82) is 5.26 Å². The number of methoxy groups -OCH3 is 1. The van der Waals surface area contributed by atoms with E-state index in [1.54, 1.807) is 7.11 Å². The van der Waals surface area contributed by atoms with Crippen LogP contribution in [0.4, 0.5) is 0 Å². The van der Waals surface area contributed by atoms with Gasteiger partial charge in [0.1, 0.15) is 11.8 Å². The first-order chi connectivity index (χ1) is 7.74. The second kappa shape index (κ2) is 4.11. The molecule has 2 aromatic rings. The van der Waals surface area contributed by atoms with Crippen molar-refractivity contribution in [2.75, 3.05) is 7.11 Å². The van der Waals surface area contributed by atoms with Gasteiger partial charge in [0.2, 0.25) is 0 Å². The summed E-state index contributed by atoms with van der Waals surface area (Å²) in [6, 6.07) is 11.7. The van der Waals surface area contributed by atoms with E-state index in [1.807, 2.05) is 37.3 Å². The summed E-state index contributed by atoms with van der Waals surface area (Å²) in [6.07, 6.45) is 0. The summed E-state index contributed by atoms with van der Waals surface area (Å²) in [5, 5.41) is 9.00. The third kappa shape index (κ3) is 1.78. The fourth-order valence-corrected chi connectivity index (χ4v) is 1.66. The van der Waals surface area contributed by atoms with Crippen molar-refractivity contribution in [3.63, 3.8) is 0 Å². The van der Waals surface area contributed by atoms with Crippen LogP contribution in [-0.2, 0) is 0 Å². The van der Waals surface area contributed by atoms with Gasteiger partial charge in [0.25, 0.3) is 0 Å². The van der Waals surface area contributed by atoms with E-state index >= 15 is 0 Å². The topological polar surface area (TPSA) is 48.8 Å². The van der Waals surface area contributed by atoms with Gasteiger partial charge in [-0.2, -0.15) is 5.26 Å². The van der Waals surface area contributed by atoms with Gasteiger partial charge in [0, 0.05) is 5.69 Å². The minimum Gasteiger partial charge on any atom is -0.497 e. The molecule has 0 radical (unpaired) electrons. The fourth-order valence-electron chi connectivity index (χ4n) is 1.66. The van der Waals surface area contributed by atoms with E-state index in [2.05, 4.69) is 11.1 Å². The van der Waals surface area contributed by atoms with Crippen LogP contribution in [0.25, 0.3) is 11.3 Å². The summed E-state index contributed by atoms with van der Waals surface area (Å²) in [4.78, 5) is 3.19. The second-order valence-electron chi connectivity index (χ2n) is 3.58. The molecule has 0 saturated heterocycles. The minimum absolute atomic E-state index is 0.669. The quantitative estimate of drug-likeness (QED) is 0.832. The molecule has 0 aliphatic rings. The number of nitrogens with one attached hydrogen (secondary N) is 1. The number of aryl methyl sites for hydroxylation is 1. The molecule has 1 N–H and O–H groups in total. The van der Waals surface area contributed by atoms with E-state index in [4.69, 9.17) is 10.00 Å². The van der Waals surface area contributed by atoms with E-state index in [0.29, 0.717) is 5.56 Å². The molecule has 1 aromatic heterocycles. The molecule has 0 saturated carbocycles. The number of ether oxygens (including phenoxy) is 1. The molecule has 0 atom stereocenters. The molecule has 0 unspecified atom stereocenters. The number of H-pyrrole nitrogens is 1. The largest absolute Gasteiger partial charge is 0.497 e. The summed E-state index contributed by atoms with van der Waals surface area (Å²) < 4.78 is 5.09. The lowest BCUT2D eigenvalue weighted by molar-refractivity contribution is 0.415. The fraction of sp³-hybridized carbons (Fsp3) is 0.154. The number of nitriles is 1. The number of aromatic nitrogens is 1. The summed E-state index contributed by atoms with van der Waals surface area (Å²) in [6.45, 7) is 1.94. The smallest absolute Gasteiger partial charge is 0.118 e. The normalized spacial score (nSPS) is 9.81. The molecule has 2 rings (SSSR count). The molecule has 0 fully saturated rings. The van der Waals surface area contributed by atoms with Crippen LogP contribution in [0.2, 0.25) is 0 Å². The van der Waals surface area contributed by atoms with Crippen molar-refractivity contribution in [2.24, 2.45) is 0 Å². The zero-order valence-electron chi connectivity index (χ0n) is 9.24. The van der Waals surface area contributed by atoms with Crippen LogP contribution in [0, 0.1) is 18.3 Å². The molecular weight excluding hydrogens is 200 g/mol. The number of rotatable bonds is 2. The lowest BCUT2D eigenvalue weighted by Gasteiger charge is -2.02. The monoisotopic (exact) mass is 212 g/mol. The van der Waals surface area contributed by atoms with Gasteiger partial charge in [-0.3, -0.25) is 0 Å². The predicted octanol–water partition coefficient (Wildman–Crippen LogP) is 2.87. The summed E-state index contributed by atoms with van der Waals surface area (Å²) >= 11 is 0. The predicted molar refractivity (Wildman–Crippen MR) is 62.2 cm³/mol. The van der Waals surface area contributed by atoms with E-state index in [0.717, 1.165) is 22.7 Å². The molecule has 1 heterocycles. The molecule has 0 aliphatic heterocycles. The summed E-state index contributed by atoms with van der Waals surface area (Å²) in [7, 11) is 1.63. The molecule has 0 aliphatic carbocycles. The minimum atomic E-state index is 0.669. The van der Waals surface area contributed by atoms with Crippen molar-refractivity contribution in [3.8, 4) is 23.1 Å². The number of nitrogens with zero attached hydrogens (tertiary/aromatic N) is 1. The molecule has 3 nitrogen and oxygen atoms in total. The molecular formula is C13H12N2O. The average molecular weight is 212 g/mol. The van der Waals surface area contributed by atoms with E-state index in [1.165, 1.54) is 0 Å². The molecule has 0 amide bonds. The Kier molecular flexibility index (Phi) is 2.65. The summed E-state index contributed by atoms with van der Waals surface area (Å²) in [5.41, 5.74) is 3.51. The van der Waals surface area contributed by atoms with Crippen LogP contribution in [0.1, 0.15) is 11.3 Å². The number of hydrogen-bond acceptors (Lipinski definition) is 2. The first-order valence-corrected chi connectivity index (χ1v) is 4.98. The zero-order valence-corrected chi connectivity index (χ0v) is 9.24. The summed E-state index contributed by atoms with van der Waals surface area (Å²) in [5.74, 6) is 0.811. The maximum Gasteiger partial charge on any atom is 0.118 e. The van der Waals surface area contributed by atoms with Crippen LogP contribution >= 0.6 is 0 Å². The molecule has 0 spiro atoms. The highest BCUT2D eigenvalue weighted by atomic mass is 16.5. The number of aromatic amines is 1. The van der Waals surface area contributed by atoms with Crippen molar-refractivity contribution in [1.82, 2.24) is 4.98 Å². The van der Waals surface area contributed by atoms with E-state index < -0.39 is 0 Å². The van der Waals surface area contributed by atoms with Gasteiger partial charge >= 0.3 is 0 Å². The average Bonchev–Trinajstić information content (AvgIpc) is 2.70. The Bertz CT molecular complexity index is 532. The van der Waals surface area contributed by atoms with Crippen molar-refractivity contribution >= 4 is 0 Å². The Labute approximate surface area is 94.3 Å². The number of benzene rings is 1. The second-order valence-corrected chi connectivity index (χ2v) is 3.58. The Morgan fingerprint density at radius 2 is 1.94 bits per heavy atom. The van der Waals surface area contributed by atoms with E-state index in [9.17, 15) is 0 Å². The lowest BCUT2D eigenvalue weighted by Crippen LogP contribution is -1.84. The Balaban J connectivity index is 2.46. The highest BCUT2D eigenvalue weighted by Gasteiger charge is 2.07. The lowest BCUT2D eigenvalue weighted by atomic mass is 10.1. The zero-order chi connectivity index (χ0) is 11.5.